The summed E-state index contributed by atoms with van der Waals surface area (Å²) < 4.78 is 5.46. The minimum Gasteiger partial charge on any atom is -0.496 e. The van der Waals surface area contributed by atoms with Gasteiger partial charge in [-0.05, 0) is 42.5 Å². The van der Waals surface area contributed by atoms with Gasteiger partial charge in [0.05, 0.1) is 12.7 Å². The lowest BCUT2D eigenvalue weighted by Gasteiger charge is -2.33. The Morgan fingerprint density at radius 2 is 2.00 bits per heavy atom. The Morgan fingerprint density at radius 3 is 2.70 bits per heavy atom. The van der Waals surface area contributed by atoms with Gasteiger partial charge in [-0.25, -0.2) is 9.78 Å². The number of carboxylic acids is 1. The van der Waals surface area contributed by atoms with Gasteiger partial charge in [0.1, 0.15) is 11.6 Å². The molecule has 0 unspecified atom stereocenters. The lowest BCUT2D eigenvalue weighted by Crippen LogP contribution is -2.33. The highest BCUT2D eigenvalue weighted by Gasteiger charge is 2.23. The van der Waals surface area contributed by atoms with E-state index in [2.05, 4.69) is 16.0 Å². The lowest BCUT2D eigenvalue weighted by molar-refractivity contribution is 0.0697. The molecule has 0 radical (unpaired) electrons. The van der Waals surface area contributed by atoms with Gasteiger partial charge < -0.3 is 14.7 Å². The van der Waals surface area contributed by atoms with Crippen LogP contribution in [0.2, 0.25) is 0 Å². The number of aromatic carboxylic acids is 1. The largest absolute Gasteiger partial charge is 0.496 e. The zero-order chi connectivity index (χ0) is 16.2. The fourth-order valence-electron chi connectivity index (χ4n) is 3.15. The first-order chi connectivity index (χ1) is 11.2. The Kier molecular flexibility index (Phi) is 4.46. The molecule has 0 spiro atoms. The number of piperidine rings is 1. The molecule has 1 N–H and O–H groups in total. The second-order valence-corrected chi connectivity index (χ2v) is 5.71. The van der Waals surface area contributed by atoms with Crippen LogP contribution in [0.15, 0.2) is 42.6 Å². The average Bonchev–Trinajstić information content (AvgIpc) is 2.62. The number of pyridine rings is 1. The van der Waals surface area contributed by atoms with E-state index in [1.54, 1.807) is 19.4 Å². The third-order valence-electron chi connectivity index (χ3n) is 4.39. The summed E-state index contributed by atoms with van der Waals surface area (Å²) in [5, 5.41) is 9.10. The van der Waals surface area contributed by atoms with E-state index in [-0.39, 0.29) is 5.56 Å². The van der Waals surface area contributed by atoms with Gasteiger partial charge in [0.25, 0.3) is 0 Å². The maximum atomic E-state index is 11.1. The predicted octanol–water partition coefficient (Wildman–Crippen LogP) is 3.17. The quantitative estimate of drug-likeness (QED) is 0.939. The van der Waals surface area contributed by atoms with Crippen LogP contribution in [-0.4, -0.2) is 36.3 Å². The molecule has 0 bridgehead atoms. The number of carbonyl (C=O) groups is 1. The number of carboxylic acid groups (broad SMARTS) is 1. The smallest absolute Gasteiger partial charge is 0.335 e. The van der Waals surface area contributed by atoms with Crippen LogP contribution >= 0.6 is 0 Å². The molecule has 5 nitrogen and oxygen atoms in total. The third-order valence-corrected chi connectivity index (χ3v) is 4.39. The summed E-state index contributed by atoms with van der Waals surface area (Å²) in [6.07, 6.45) is 3.56. The van der Waals surface area contributed by atoms with E-state index in [0.29, 0.717) is 5.92 Å². The minimum absolute atomic E-state index is 0.279. The van der Waals surface area contributed by atoms with Crippen molar-refractivity contribution in [2.45, 2.75) is 18.8 Å². The number of para-hydroxylation sites is 1. The maximum absolute atomic E-state index is 11.1. The van der Waals surface area contributed by atoms with E-state index in [9.17, 15) is 4.79 Å². The first-order valence-electron chi connectivity index (χ1n) is 7.76. The summed E-state index contributed by atoms with van der Waals surface area (Å²) >= 11 is 0. The molecule has 0 saturated carbocycles. The summed E-state index contributed by atoms with van der Waals surface area (Å²) in [5.41, 5.74) is 1.53. The van der Waals surface area contributed by atoms with E-state index in [0.717, 1.165) is 37.5 Å². The van der Waals surface area contributed by atoms with Gasteiger partial charge in [-0.1, -0.05) is 18.2 Å². The summed E-state index contributed by atoms with van der Waals surface area (Å²) in [6.45, 7) is 1.72. The Morgan fingerprint density at radius 1 is 1.26 bits per heavy atom. The number of nitrogens with zero attached hydrogens (tertiary/aromatic N) is 2. The predicted molar refractivity (Wildman–Crippen MR) is 88.4 cm³/mol. The zero-order valence-electron chi connectivity index (χ0n) is 13.1. The average molecular weight is 312 g/mol. The summed E-state index contributed by atoms with van der Waals surface area (Å²) in [5.74, 6) is 1.22. The molecule has 1 aromatic heterocycles. The van der Waals surface area contributed by atoms with Gasteiger partial charge in [-0.3, -0.25) is 0 Å². The molecule has 1 aromatic carbocycles. The van der Waals surface area contributed by atoms with Crippen molar-refractivity contribution in [2.24, 2.45) is 0 Å². The van der Waals surface area contributed by atoms with Gasteiger partial charge in [0.2, 0.25) is 0 Å². The number of hydrogen-bond donors (Lipinski definition) is 1. The highest BCUT2D eigenvalue weighted by atomic mass is 16.5. The molecule has 5 heteroatoms. The fourth-order valence-corrected chi connectivity index (χ4v) is 3.15. The summed E-state index contributed by atoms with van der Waals surface area (Å²) in [4.78, 5) is 17.5. The topological polar surface area (TPSA) is 62.7 Å². The van der Waals surface area contributed by atoms with Crippen molar-refractivity contribution < 1.29 is 14.6 Å². The second kappa shape index (κ2) is 6.69. The minimum atomic E-state index is -0.919. The van der Waals surface area contributed by atoms with Crippen molar-refractivity contribution in [3.63, 3.8) is 0 Å². The van der Waals surface area contributed by atoms with Gasteiger partial charge in [0, 0.05) is 19.3 Å². The molecule has 23 heavy (non-hydrogen) atoms. The molecule has 0 aliphatic carbocycles. The molecule has 3 rings (SSSR count). The van der Waals surface area contributed by atoms with Crippen molar-refractivity contribution >= 4 is 11.8 Å². The summed E-state index contributed by atoms with van der Waals surface area (Å²) in [7, 11) is 1.70. The number of benzene rings is 1. The van der Waals surface area contributed by atoms with Gasteiger partial charge in [-0.15, -0.1) is 0 Å². The lowest BCUT2D eigenvalue weighted by atomic mass is 9.89. The van der Waals surface area contributed by atoms with Crippen molar-refractivity contribution in [1.29, 1.82) is 0 Å². The van der Waals surface area contributed by atoms with E-state index in [4.69, 9.17) is 9.84 Å². The van der Waals surface area contributed by atoms with Crippen LogP contribution in [0.5, 0.6) is 5.75 Å². The molecule has 1 aliphatic rings. The molecule has 2 aromatic rings. The number of hydrogen-bond acceptors (Lipinski definition) is 4. The number of rotatable bonds is 4. The van der Waals surface area contributed by atoms with Crippen LogP contribution in [0.1, 0.15) is 34.7 Å². The third kappa shape index (κ3) is 3.28. The van der Waals surface area contributed by atoms with Gasteiger partial charge in [0.15, 0.2) is 0 Å². The number of anilines is 1. The molecule has 1 saturated heterocycles. The van der Waals surface area contributed by atoms with Crippen LogP contribution in [-0.2, 0) is 0 Å². The van der Waals surface area contributed by atoms with E-state index >= 15 is 0 Å². The number of methoxy groups -OCH3 is 1. The highest BCUT2D eigenvalue weighted by molar-refractivity contribution is 5.88. The fraction of sp³-hybridized carbons (Fsp3) is 0.333. The Balaban J connectivity index is 1.71. The molecular weight excluding hydrogens is 292 g/mol. The monoisotopic (exact) mass is 312 g/mol. The molecule has 0 atom stereocenters. The SMILES string of the molecule is COc1ccccc1C1CCN(c2cc(C(=O)O)ccn2)CC1. The zero-order valence-corrected chi connectivity index (χ0v) is 13.1. The molecule has 1 aliphatic heterocycles. The van der Waals surface area contributed by atoms with Crippen molar-refractivity contribution in [1.82, 2.24) is 4.98 Å². The molecular formula is C18H20N2O3. The molecule has 0 amide bonds. The standard InChI is InChI=1S/C18H20N2O3/c1-23-16-5-3-2-4-15(16)13-7-10-20(11-8-13)17-12-14(18(21)22)6-9-19-17/h2-6,9,12-13H,7-8,10-11H2,1H3,(H,21,22). The molecule has 2 heterocycles. The van der Waals surface area contributed by atoms with Crippen molar-refractivity contribution in [3.05, 3.63) is 53.7 Å². The van der Waals surface area contributed by atoms with E-state index < -0.39 is 5.97 Å². The van der Waals surface area contributed by atoms with E-state index in [1.807, 2.05) is 18.2 Å². The number of ether oxygens (including phenoxy) is 1. The first kappa shape index (κ1) is 15.3. The van der Waals surface area contributed by atoms with Crippen LogP contribution in [0.3, 0.4) is 0 Å². The first-order valence-corrected chi connectivity index (χ1v) is 7.76. The Hall–Kier alpha value is -2.56. The van der Waals surface area contributed by atoms with E-state index in [1.165, 1.54) is 11.6 Å². The highest BCUT2D eigenvalue weighted by Crippen LogP contribution is 2.34. The van der Waals surface area contributed by atoms with Crippen LogP contribution in [0.4, 0.5) is 5.82 Å². The normalized spacial score (nSPS) is 15.4. The van der Waals surface area contributed by atoms with Gasteiger partial charge in [-0.2, -0.15) is 0 Å². The van der Waals surface area contributed by atoms with Crippen LogP contribution < -0.4 is 9.64 Å². The Bertz CT molecular complexity index is 694. The summed E-state index contributed by atoms with van der Waals surface area (Å²) in [6, 6.07) is 11.3. The maximum Gasteiger partial charge on any atom is 0.335 e. The van der Waals surface area contributed by atoms with Crippen molar-refractivity contribution in [2.75, 3.05) is 25.1 Å². The Labute approximate surface area is 135 Å². The van der Waals surface area contributed by atoms with Crippen LogP contribution in [0.25, 0.3) is 0 Å². The van der Waals surface area contributed by atoms with Crippen molar-refractivity contribution in [3.8, 4) is 5.75 Å². The van der Waals surface area contributed by atoms with Gasteiger partial charge >= 0.3 is 5.97 Å². The van der Waals surface area contributed by atoms with Crippen LogP contribution in [0, 0.1) is 0 Å². The number of aromatic nitrogens is 1. The second-order valence-electron chi connectivity index (χ2n) is 5.71. The molecule has 120 valence electrons. The molecule has 1 fully saturated rings.